The van der Waals surface area contributed by atoms with E-state index in [9.17, 15) is 21.6 Å². The Morgan fingerprint density at radius 2 is 1.74 bits per heavy atom. The van der Waals surface area contributed by atoms with Crippen LogP contribution in [-0.2, 0) is 10.0 Å². The Labute approximate surface area is 106 Å². The fourth-order valence-corrected chi connectivity index (χ4v) is 2.29. The molecule has 1 aromatic heterocycles. The van der Waals surface area contributed by atoms with Crippen LogP contribution in [0.5, 0.6) is 0 Å². The zero-order chi connectivity index (χ0) is 14.4. The van der Waals surface area contributed by atoms with E-state index in [0.29, 0.717) is 12.1 Å². The van der Waals surface area contributed by atoms with Crippen LogP contribution in [0.1, 0.15) is 5.69 Å². The fourth-order valence-electron chi connectivity index (χ4n) is 1.60. The highest BCUT2D eigenvalue weighted by molar-refractivity contribution is 7.89. The van der Waals surface area contributed by atoms with Crippen molar-refractivity contribution in [3.05, 3.63) is 41.5 Å². The van der Waals surface area contributed by atoms with Crippen LogP contribution in [0.4, 0.5) is 13.2 Å². The van der Waals surface area contributed by atoms with Gasteiger partial charge >= 0.3 is 0 Å². The second-order valence-electron chi connectivity index (χ2n) is 3.77. The Morgan fingerprint density at radius 3 is 2.16 bits per heavy atom. The number of hydrogen-bond donors (Lipinski definition) is 1. The summed E-state index contributed by atoms with van der Waals surface area (Å²) in [4.78, 5) is -0.280. The van der Waals surface area contributed by atoms with E-state index in [0.717, 1.165) is 10.9 Å². The number of nitrogens with zero attached hydrogens (tertiary/aromatic N) is 2. The first kappa shape index (κ1) is 13.6. The molecular weight excluding hydrogens is 283 g/mol. The molecule has 0 radical (unpaired) electrons. The van der Waals surface area contributed by atoms with Gasteiger partial charge in [0, 0.05) is 12.1 Å². The molecule has 0 spiro atoms. The number of nitrogens with two attached hydrogens (primary N) is 1. The second kappa shape index (κ2) is 4.35. The van der Waals surface area contributed by atoms with Crippen LogP contribution in [0.25, 0.3) is 5.69 Å². The van der Waals surface area contributed by atoms with Crippen molar-refractivity contribution >= 4 is 10.0 Å². The number of halogens is 3. The molecule has 2 rings (SSSR count). The first-order valence-electron chi connectivity index (χ1n) is 4.94. The summed E-state index contributed by atoms with van der Waals surface area (Å²) in [5.74, 6) is -4.41. The van der Waals surface area contributed by atoms with Gasteiger partial charge < -0.3 is 0 Å². The molecule has 102 valence electrons. The normalized spacial score (nSPS) is 11.8. The maximum atomic E-state index is 13.1. The third-order valence-corrected chi connectivity index (χ3v) is 3.50. The Bertz CT molecular complexity index is 732. The van der Waals surface area contributed by atoms with E-state index in [1.807, 2.05) is 0 Å². The van der Waals surface area contributed by atoms with Gasteiger partial charge in [-0.15, -0.1) is 0 Å². The Kier molecular flexibility index (Phi) is 3.11. The van der Waals surface area contributed by atoms with Crippen molar-refractivity contribution < 1.29 is 21.6 Å². The van der Waals surface area contributed by atoms with Crippen molar-refractivity contribution in [2.75, 3.05) is 0 Å². The van der Waals surface area contributed by atoms with Gasteiger partial charge in [0.1, 0.15) is 4.90 Å². The summed E-state index contributed by atoms with van der Waals surface area (Å²) < 4.78 is 62.4. The quantitative estimate of drug-likeness (QED) is 0.846. The molecule has 19 heavy (non-hydrogen) atoms. The van der Waals surface area contributed by atoms with Gasteiger partial charge in [0.05, 0.1) is 17.6 Å². The molecule has 1 heterocycles. The van der Waals surface area contributed by atoms with Gasteiger partial charge in [0.15, 0.2) is 17.5 Å². The number of primary sulfonamides is 1. The summed E-state index contributed by atoms with van der Waals surface area (Å²) in [5, 5.41) is 8.61. The van der Waals surface area contributed by atoms with Crippen LogP contribution in [0.2, 0.25) is 0 Å². The minimum Gasteiger partial charge on any atom is -0.236 e. The molecule has 0 fully saturated rings. The molecule has 0 saturated carbocycles. The summed E-state index contributed by atoms with van der Waals surface area (Å²) in [6.07, 6.45) is 0.948. The van der Waals surface area contributed by atoms with Crippen molar-refractivity contribution in [1.82, 2.24) is 9.78 Å². The molecule has 2 aromatic rings. The number of rotatable bonds is 2. The van der Waals surface area contributed by atoms with Crippen molar-refractivity contribution in [3.63, 3.8) is 0 Å². The monoisotopic (exact) mass is 291 g/mol. The van der Waals surface area contributed by atoms with Crippen LogP contribution >= 0.6 is 0 Å². The highest BCUT2D eigenvalue weighted by atomic mass is 32.2. The average Bonchev–Trinajstić information content (AvgIpc) is 2.67. The molecule has 0 atom stereocenters. The van der Waals surface area contributed by atoms with E-state index < -0.39 is 27.5 Å². The molecule has 9 heteroatoms. The van der Waals surface area contributed by atoms with Gasteiger partial charge in [0.2, 0.25) is 10.0 Å². The van der Waals surface area contributed by atoms with Crippen LogP contribution in [0.3, 0.4) is 0 Å². The fraction of sp³-hybridized carbons (Fsp3) is 0.100. The van der Waals surface area contributed by atoms with E-state index in [1.165, 1.54) is 6.92 Å². The molecule has 0 aliphatic heterocycles. The maximum Gasteiger partial charge on any atom is 0.241 e. The predicted molar refractivity (Wildman–Crippen MR) is 59.5 cm³/mol. The lowest BCUT2D eigenvalue weighted by Gasteiger charge is -2.06. The predicted octanol–water partition coefficient (Wildman–Crippen LogP) is 1.25. The number of benzene rings is 1. The minimum atomic E-state index is -3.99. The molecule has 0 bridgehead atoms. The van der Waals surface area contributed by atoms with Gasteiger partial charge in [-0.1, -0.05) is 0 Å². The van der Waals surface area contributed by atoms with E-state index in [4.69, 9.17) is 5.14 Å². The highest BCUT2D eigenvalue weighted by Crippen LogP contribution is 2.20. The maximum absolute atomic E-state index is 13.1. The smallest absolute Gasteiger partial charge is 0.236 e. The summed E-state index contributed by atoms with van der Waals surface area (Å²) >= 11 is 0. The topological polar surface area (TPSA) is 78.0 Å². The third-order valence-electron chi connectivity index (χ3n) is 2.48. The van der Waals surface area contributed by atoms with E-state index in [2.05, 4.69) is 5.10 Å². The lowest BCUT2D eigenvalue weighted by molar-refractivity contribution is 0.446. The standard InChI is InChI=1S/C10H8F3N3O2S/c1-5-9(19(14,17)18)4-15-16(5)6-2-7(11)10(13)8(12)3-6/h2-4H,1H3,(H2,14,17,18). The van der Waals surface area contributed by atoms with Gasteiger partial charge in [-0.05, 0) is 6.92 Å². The minimum absolute atomic E-state index is 0.0629. The molecule has 1 aromatic carbocycles. The molecule has 0 aliphatic carbocycles. The summed E-state index contributed by atoms with van der Waals surface area (Å²) in [6.45, 7) is 1.35. The number of aromatic nitrogens is 2. The second-order valence-corrected chi connectivity index (χ2v) is 5.30. The zero-order valence-electron chi connectivity index (χ0n) is 9.56. The van der Waals surface area contributed by atoms with Crippen molar-refractivity contribution in [3.8, 4) is 5.69 Å². The van der Waals surface area contributed by atoms with Crippen molar-refractivity contribution in [1.29, 1.82) is 0 Å². The average molecular weight is 291 g/mol. The SMILES string of the molecule is Cc1c(S(N)(=O)=O)cnn1-c1cc(F)c(F)c(F)c1. The molecule has 0 aliphatic rings. The van der Waals surface area contributed by atoms with Crippen LogP contribution in [0.15, 0.2) is 23.2 Å². The Morgan fingerprint density at radius 1 is 1.21 bits per heavy atom. The van der Waals surface area contributed by atoms with E-state index >= 15 is 0 Å². The van der Waals surface area contributed by atoms with E-state index in [1.54, 1.807) is 0 Å². The van der Waals surface area contributed by atoms with Crippen LogP contribution < -0.4 is 5.14 Å². The van der Waals surface area contributed by atoms with Crippen LogP contribution in [-0.4, -0.2) is 18.2 Å². The first-order chi connectivity index (χ1) is 8.71. The van der Waals surface area contributed by atoms with Crippen molar-refractivity contribution in [2.45, 2.75) is 11.8 Å². The summed E-state index contributed by atoms with van der Waals surface area (Å²) in [7, 11) is -3.99. The molecule has 0 amide bonds. The molecule has 0 saturated heterocycles. The molecule has 5 nitrogen and oxygen atoms in total. The zero-order valence-corrected chi connectivity index (χ0v) is 10.4. The van der Waals surface area contributed by atoms with E-state index in [-0.39, 0.29) is 16.3 Å². The van der Waals surface area contributed by atoms with Gasteiger partial charge in [-0.2, -0.15) is 5.10 Å². The molecular formula is C10H8F3N3O2S. The van der Waals surface area contributed by atoms with Crippen molar-refractivity contribution in [2.24, 2.45) is 5.14 Å². The highest BCUT2D eigenvalue weighted by Gasteiger charge is 2.19. The summed E-state index contributed by atoms with van der Waals surface area (Å²) in [6, 6.07) is 1.40. The van der Waals surface area contributed by atoms with Gasteiger partial charge in [-0.3, -0.25) is 0 Å². The molecule has 2 N–H and O–H groups in total. The largest absolute Gasteiger partial charge is 0.241 e. The first-order valence-corrected chi connectivity index (χ1v) is 6.49. The Hall–Kier alpha value is -1.87. The lowest BCUT2D eigenvalue weighted by atomic mass is 10.3. The number of hydrogen-bond acceptors (Lipinski definition) is 3. The summed E-state index contributed by atoms with van der Waals surface area (Å²) in [5.41, 5.74) is -0.0864. The lowest BCUT2D eigenvalue weighted by Crippen LogP contribution is -2.13. The van der Waals surface area contributed by atoms with Gasteiger partial charge in [-0.25, -0.2) is 31.4 Å². The molecule has 0 unspecified atom stereocenters. The van der Waals surface area contributed by atoms with Gasteiger partial charge in [0.25, 0.3) is 0 Å². The third kappa shape index (κ3) is 2.34. The Balaban J connectivity index is 2.65. The van der Waals surface area contributed by atoms with Crippen LogP contribution in [0, 0.1) is 24.4 Å². The number of sulfonamides is 1.